The van der Waals surface area contributed by atoms with Gasteiger partial charge in [0.1, 0.15) is 17.0 Å². The van der Waals surface area contributed by atoms with Crippen LogP contribution in [0.5, 0.6) is 0 Å². The van der Waals surface area contributed by atoms with E-state index in [9.17, 15) is 4.79 Å². The maximum absolute atomic E-state index is 13.2. The normalized spacial score (nSPS) is 16.5. The highest BCUT2D eigenvalue weighted by atomic mass is 32.1. The van der Waals surface area contributed by atoms with Crippen LogP contribution >= 0.6 is 22.7 Å². The van der Waals surface area contributed by atoms with Gasteiger partial charge in [0.2, 0.25) is 0 Å². The van der Waals surface area contributed by atoms with Gasteiger partial charge in [-0.05, 0) is 44.7 Å². The molecule has 1 aliphatic heterocycles. The molecule has 1 aliphatic rings. The molecule has 0 aromatic carbocycles. The first kappa shape index (κ1) is 20.3. The van der Waals surface area contributed by atoms with Gasteiger partial charge in [-0.15, -0.1) is 22.7 Å². The molecule has 154 valence electrons. The fraction of sp³-hybridized carbons (Fsp3) is 0.476. The Morgan fingerprint density at radius 3 is 2.59 bits per heavy atom. The second kappa shape index (κ2) is 8.38. The van der Waals surface area contributed by atoms with Crippen LogP contribution in [0.2, 0.25) is 0 Å². The zero-order valence-electron chi connectivity index (χ0n) is 17.3. The number of fused-ring (bicyclic) bond motifs is 1. The monoisotopic (exact) mass is 429 g/mol. The van der Waals surface area contributed by atoms with E-state index in [0.717, 1.165) is 52.7 Å². The van der Waals surface area contributed by atoms with Crippen LogP contribution in [-0.2, 0) is 0 Å². The number of nitrogens with zero attached hydrogens (tertiary/aromatic N) is 4. The molecule has 1 N–H and O–H groups in total. The van der Waals surface area contributed by atoms with Gasteiger partial charge in [-0.3, -0.25) is 9.69 Å². The van der Waals surface area contributed by atoms with Gasteiger partial charge in [-0.1, -0.05) is 6.07 Å². The quantitative estimate of drug-likeness (QED) is 0.651. The molecule has 0 saturated carbocycles. The minimum atomic E-state index is 0.117. The number of thiophene rings is 2. The summed E-state index contributed by atoms with van der Waals surface area (Å²) in [6, 6.07) is 4.84. The predicted octanol–water partition coefficient (Wildman–Crippen LogP) is 4.40. The number of hydrogen-bond donors (Lipinski definition) is 1. The number of anilines is 1. The van der Waals surface area contributed by atoms with Crippen molar-refractivity contribution in [3.05, 3.63) is 39.2 Å². The van der Waals surface area contributed by atoms with Crippen molar-refractivity contribution in [1.29, 1.82) is 0 Å². The van der Waals surface area contributed by atoms with Gasteiger partial charge >= 0.3 is 0 Å². The van der Waals surface area contributed by atoms with Crippen molar-refractivity contribution < 1.29 is 4.79 Å². The molecule has 0 spiro atoms. The highest BCUT2D eigenvalue weighted by Crippen LogP contribution is 2.35. The molecule has 0 radical (unpaired) electrons. The molecular formula is C21H27N5OS2. The topological polar surface area (TPSA) is 61.4 Å². The van der Waals surface area contributed by atoms with Gasteiger partial charge < -0.3 is 10.2 Å². The van der Waals surface area contributed by atoms with E-state index >= 15 is 0 Å². The second-order valence-corrected chi connectivity index (χ2v) is 9.74. The number of aromatic nitrogens is 2. The molecule has 3 aromatic rings. The van der Waals surface area contributed by atoms with Crippen LogP contribution in [0.4, 0.5) is 5.82 Å². The molecular weight excluding hydrogens is 402 g/mol. The number of rotatable bonds is 5. The summed E-state index contributed by atoms with van der Waals surface area (Å²) in [5.41, 5.74) is 0.975. The fourth-order valence-electron chi connectivity index (χ4n) is 3.78. The lowest BCUT2D eigenvalue weighted by atomic mass is 10.1. The van der Waals surface area contributed by atoms with E-state index in [1.807, 2.05) is 11.8 Å². The van der Waals surface area contributed by atoms with E-state index in [0.29, 0.717) is 6.04 Å². The summed E-state index contributed by atoms with van der Waals surface area (Å²) in [5.74, 6) is 0.916. The minimum Gasteiger partial charge on any atom is -0.362 e. The molecule has 0 aliphatic carbocycles. The molecule has 4 heterocycles. The third-order valence-electron chi connectivity index (χ3n) is 5.58. The van der Waals surface area contributed by atoms with Gasteiger partial charge in [-0.2, -0.15) is 0 Å². The van der Waals surface area contributed by atoms with E-state index in [1.54, 1.807) is 17.7 Å². The maximum atomic E-state index is 13.2. The van der Waals surface area contributed by atoms with Crippen molar-refractivity contribution >= 4 is 44.6 Å². The molecule has 1 atom stereocenters. The first-order valence-electron chi connectivity index (χ1n) is 10.0. The van der Waals surface area contributed by atoms with Crippen LogP contribution in [0.3, 0.4) is 0 Å². The number of aryl methyl sites for hydroxylation is 1. The number of piperazine rings is 1. The van der Waals surface area contributed by atoms with Crippen LogP contribution in [-0.4, -0.2) is 57.9 Å². The van der Waals surface area contributed by atoms with Crippen molar-refractivity contribution in [2.24, 2.45) is 0 Å². The van der Waals surface area contributed by atoms with Gasteiger partial charge in [0, 0.05) is 37.1 Å². The Hall–Kier alpha value is -2.03. The van der Waals surface area contributed by atoms with E-state index in [2.05, 4.69) is 58.5 Å². The van der Waals surface area contributed by atoms with Gasteiger partial charge in [0.15, 0.2) is 0 Å². The molecule has 29 heavy (non-hydrogen) atoms. The molecule has 6 nitrogen and oxygen atoms in total. The molecule has 0 unspecified atom stereocenters. The number of carbonyl (C=O) groups excluding carboxylic acids is 1. The third kappa shape index (κ3) is 4.01. The third-order valence-corrected chi connectivity index (χ3v) is 7.82. The lowest BCUT2D eigenvalue weighted by molar-refractivity contribution is 0.0599. The standard InChI is InChI=1S/C21H27N5OS2/c1-13(2)25-7-9-26(10-8-25)21(27)18-14(3)17-19(22-12-23-20(17)29-18)24-15(4)16-6-5-11-28-16/h5-6,11-13,15H,7-10H2,1-4H3,(H,22,23,24)/t15-/m0/s1. The van der Waals surface area contributed by atoms with Crippen molar-refractivity contribution in [2.45, 2.75) is 39.8 Å². The average Bonchev–Trinajstić information content (AvgIpc) is 3.36. The largest absolute Gasteiger partial charge is 0.362 e. The van der Waals surface area contributed by atoms with Gasteiger partial charge in [0.05, 0.1) is 16.3 Å². The molecule has 1 fully saturated rings. The van der Waals surface area contributed by atoms with Crippen LogP contribution in [0.15, 0.2) is 23.8 Å². The number of carbonyl (C=O) groups is 1. The molecule has 8 heteroatoms. The Morgan fingerprint density at radius 2 is 1.93 bits per heavy atom. The van der Waals surface area contributed by atoms with E-state index in [1.165, 1.54) is 16.2 Å². The smallest absolute Gasteiger partial charge is 0.264 e. The SMILES string of the molecule is Cc1c(C(=O)N2CCN(C(C)C)CC2)sc2ncnc(N[C@@H](C)c3cccs3)c12. The van der Waals surface area contributed by atoms with Crippen LogP contribution in [0.1, 0.15) is 46.9 Å². The molecule has 1 amide bonds. The molecule has 4 rings (SSSR count). The Bertz CT molecular complexity index is 990. The van der Waals surface area contributed by atoms with Crippen molar-refractivity contribution in [3.8, 4) is 0 Å². The zero-order chi connectivity index (χ0) is 20.5. The zero-order valence-corrected chi connectivity index (χ0v) is 18.9. The second-order valence-electron chi connectivity index (χ2n) is 7.76. The summed E-state index contributed by atoms with van der Waals surface area (Å²) in [6.07, 6.45) is 1.58. The molecule has 3 aromatic heterocycles. The first-order chi connectivity index (χ1) is 14.0. The summed E-state index contributed by atoms with van der Waals surface area (Å²) in [7, 11) is 0. The predicted molar refractivity (Wildman–Crippen MR) is 121 cm³/mol. The Kier molecular flexibility index (Phi) is 5.85. The number of hydrogen-bond acceptors (Lipinski definition) is 7. The highest BCUT2D eigenvalue weighted by Gasteiger charge is 2.27. The summed E-state index contributed by atoms with van der Waals surface area (Å²) in [5, 5.41) is 6.55. The van der Waals surface area contributed by atoms with Crippen molar-refractivity contribution in [2.75, 3.05) is 31.5 Å². The summed E-state index contributed by atoms with van der Waals surface area (Å²) in [4.78, 5) is 29.5. The van der Waals surface area contributed by atoms with E-state index in [4.69, 9.17) is 0 Å². The Morgan fingerprint density at radius 1 is 1.17 bits per heavy atom. The number of nitrogens with one attached hydrogen (secondary N) is 1. The van der Waals surface area contributed by atoms with Crippen LogP contribution in [0.25, 0.3) is 10.2 Å². The summed E-state index contributed by atoms with van der Waals surface area (Å²) < 4.78 is 0. The average molecular weight is 430 g/mol. The lowest BCUT2D eigenvalue weighted by Gasteiger charge is -2.36. The van der Waals surface area contributed by atoms with Gasteiger partial charge in [-0.25, -0.2) is 9.97 Å². The Labute approximate surface area is 179 Å². The maximum Gasteiger partial charge on any atom is 0.264 e. The minimum absolute atomic E-state index is 0.117. The number of amides is 1. The van der Waals surface area contributed by atoms with E-state index in [-0.39, 0.29) is 11.9 Å². The van der Waals surface area contributed by atoms with E-state index < -0.39 is 0 Å². The highest BCUT2D eigenvalue weighted by molar-refractivity contribution is 7.20. The van der Waals surface area contributed by atoms with Crippen LogP contribution in [0, 0.1) is 6.92 Å². The van der Waals surface area contributed by atoms with Crippen molar-refractivity contribution in [3.63, 3.8) is 0 Å². The lowest BCUT2D eigenvalue weighted by Crippen LogP contribution is -2.50. The molecule has 1 saturated heterocycles. The summed E-state index contributed by atoms with van der Waals surface area (Å²) in [6.45, 7) is 12.0. The fourth-order valence-corrected chi connectivity index (χ4v) is 5.63. The molecule has 0 bridgehead atoms. The van der Waals surface area contributed by atoms with Gasteiger partial charge in [0.25, 0.3) is 5.91 Å². The Balaban J connectivity index is 1.59. The van der Waals surface area contributed by atoms with Crippen molar-refractivity contribution in [1.82, 2.24) is 19.8 Å². The first-order valence-corrected chi connectivity index (χ1v) is 11.7. The summed E-state index contributed by atoms with van der Waals surface area (Å²) >= 11 is 3.20. The van der Waals surface area contributed by atoms with Crippen LogP contribution < -0.4 is 5.32 Å².